The Morgan fingerprint density at radius 2 is 1.85 bits per heavy atom. The van der Waals surface area contributed by atoms with Crippen molar-refractivity contribution in [1.29, 1.82) is 0 Å². The highest BCUT2D eigenvalue weighted by Crippen LogP contribution is 2.36. The summed E-state index contributed by atoms with van der Waals surface area (Å²) in [6, 6.07) is 9.90. The number of morpholine rings is 1. The lowest BCUT2D eigenvalue weighted by Gasteiger charge is -2.29. The molecule has 0 aliphatic carbocycles. The van der Waals surface area contributed by atoms with E-state index in [1.807, 2.05) is 19.1 Å². The van der Waals surface area contributed by atoms with E-state index in [9.17, 15) is 13.2 Å². The maximum Gasteiger partial charge on any atom is 0.260 e. The molecule has 0 saturated carbocycles. The van der Waals surface area contributed by atoms with Gasteiger partial charge >= 0.3 is 0 Å². The average molecular weight is 526 g/mol. The number of carbonyl (C=O) groups excluding carboxylic acids is 1. The number of nitrogens with zero attached hydrogens (tertiary/aromatic N) is 3. The lowest BCUT2D eigenvalue weighted by Crippen LogP contribution is -2.43. The number of amides is 1. The molecule has 8 nitrogen and oxygen atoms in total. The number of anilines is 1. The second kappa shape index (κ2) is 11.0. The molecule has 3 aromatic rings. The summed E-state index contributed by atoms with van der Waals surface area (Å²) in [5.74, 6) is 0.440. The van der Waals surface area contributed by atoms with Crippen LogP contribution in [-0.2, 0) is 14.6 Å². The SMILES string of the molecule is COc1ccc(C)c2sc(N(CCN3CCOCC3)C(=O)c3ccc(S(C)(=O)=O)cc3)nc12.Cl. The number of hydrogen-bond acceptors (Lipinski definition) is 8. The molecular weight excluding hydrogens is 498 g/mol. The minimum Gasteiger partial charge on any atom is -0.494 e. The third-order valence-corrected chi connectivity index (χ3v) is 8.00. The number of ether oxygens (including phenoxy) is 2. The van der Waals surface area contributed by atoms with Gasteiger partial charge in [0.1, 0.15) is 11.3 Å². The standard InChI is InChI=1S/C23H27N3O5S2.ClH/c1-16-4-9-19(30-2)20-21(16)32-23(24-20)26(11-10-25-12-14-31-15-13-25)22(27)17-5-7-18(8-6-17)33(3,28)29;/h4-9H,10-15H2,1-3H3;1H. The van der Waals surface area contributed by atoms with E-state index in [-0.39, 0.29) is 23.2 Å². The number of benzene rings is 2. The average Bonchev–Trinajstić information content (AvgIpc) is 3.26. The van der Waals surface area contributed by atoms with Gasteiger partial charge in [0, 0.05) is 38.0 Å². The minimum absolute atomic E-state index is 0. The monoisotopic (exact) mass is 525 g/mol. The number of carbonyl (C=O) groups is 1. The molecule has 0 atom stereocenters. The molecule has 1 fully saturated rings. The molecule has 0 unspecified atom stereocenters. The van der Waals surface area contributed by atoms with E-state index >= 15 is 0 Å². The molecular formula is C23H28ClN3O5S2. The van der Waals surface area contributed by atoms with Crippen LogP contribution >= 0.6 is 23.7 Å². The Hall–Kier alpha value is -2.24. The van der Waals surface area contributed by atoms with E-state index in [4.69, 9.17) is 14.5 Å². The quantitative estimate of drug-likeness (QED) is 0.467. The number of aryl methyl sites for hydroxylation is 1. The lowest BCUT2D eigenvalue weighted by molar-refractivity contribution is 0.0391. The van der Waals surface area contributed by atoms with Crippen molar-refractivity contribution in [3.05, 3.63) is 47.5 Å². The van der Waals surface area contributed by atoms with E-state index in [2.05, 4.69) is 4.90 Å². The maximum atomic E-state index is 13.6. The molecule has 2 heterocycles. The van der Waals surface area contributed by atoms with Gasteiger partial charge < -0.3 is 9.47 Å². The fourth-order valence-electron chi connectivity index (χ4n) is 3.73. The number of hydrogen-bond donors (Lipinski definition) is 0. The van der Waals surface area contributed by atoms with Crippen molar-refractivity contribution in [3.63, 3.8) is 0 Å². The first kappa shape index (κ1) is 26.4. The molecule has 184 valence electrons. The Kier molecular flexibility index (Phi) is 8.53. The van der Waals surface area contributed by atoms with Gasteiger partial charge in [-0.05, 0) is 42.8 Å². The molecule has 1 saturated heterocycles. The van der Waals surface area contributed by atoms with Crippen LogP contribution in [0.4, 0.5) is 5.13 Å². The predicted molar refractivity (Wildman–Crippen MR) is 137 cm³/mol. The highest BCUT2D eigenvalue weighted by Gasteiger charge is 2.24. The molecule has 1 aromatic heterocycles. The highest BCUT2D eigenvalue weighted by atomic mass is 35.5. The Morgan fingerprint density at radius 3 is 2.47 bits per heavy atom. The number of sulfone groups is 1. The molecule has 2 aromatic carbocycles. The molecule has 4 rings (SSSR count). The number of rotatable bonds is 7. The van der Waals surface area contributed by atoms with Gasteiger partial charge in [0.05, 0.1) is 29.9 Å². The van der Waals surface area contributed by atoms with Gasteiger partial charge in [0.2, 0.25) is 0 Å². The van der Waals surface area contributed by atoms with Gasteiger partial charge in [-0.15, -0.1) is 12.4 Å². The van der Waals surface area contributed by atoms with E-state index in [0.717, 1.165) is 35.1 Å². The zero-order chi connectivity index (χ0) is 23.6. The van der Waals surface area contributed by atoms with Crippen molar-refractivity contribution < 1.29 is 22.7 Å². The largest absolute Gasteiger partial charge is 0.494 e. The van der Waals surface area contributed by atoms with Crippen molar-refractivity contribution >= 4 is 54.8 Å². The second-order valence-electron chi connectivity index (χ2n) is 7.97. The van der Waals surface area contributed by atoms with Crippen molar-refractivity contribution in [3.8, 4) is 5.75 Å². The zero-order valence-electron chi connectivity index (χ0n) is 19.3. The Morgan fingerprint density at radius 1 is 1.18 bits per heavy atom. The van der Waals surface area contributed by atoms with Crippen LogP contribution < -0.4 is 9.64 Å². The summed E-state index contributed by atoms with van der Waals surface area (Å²) < 4.78 is 35.5. The first-order valence-electron chi connectivity index (χ1n) is 10.6. The summed E-state index contributed by atoms with van der Waals surface area (Å²) in [6.07, 6.45) is 1.15. The Bertz CT molecular complexity index is 1260. The molecule has 0 N–H and O–H groups in total. The predicted octanol–water partition coefficient (Wildman–Crippen LogP) is 3.42. The zero-order valence-corrected chi connectivity index (χ0v) is 21.8. The molecule has 11 heteroatoms. The number of aromatic nitrogens is 1. The van der Waals surface area contributed by atoms with Crippen LogP contribution in [0.3, 0.4) is 0 Å². The van der Waals surface area contributed by atoms with Gasteiger partial charge in [0.25, 0.3) is 5.91 Å². The summed E-state index contributed by atoms with van der Waals surface area (Å²) in [5.41, 5.74) is 2.20. The van der Waals surface area contributed by atoms with E-state index in [0.29, 0.717) is 42.7 Å². The second-order valence-corrected chi connectivity index (χ2v) is 11.0. The van der Waals surface area contributed by atoms with Crippen LogP contribution in [0, 0.1) is 6.92 Å². The van der Waals surface area contributed by atoms with Gasteiger partial charge in [-0.1, -0.05) is 17.4 Å². The number of methoxy groups -OCH3 is 1. The fourth-order valence-corrected chi connectivity index (χ4v) is 5.44. The van der Waals surface area contributed by atoms with Gasteiger partial charge in [-0.25, -0.2) is 13.4 Å². The van der Waals surface area contributed by atoms with Crippen molar-refractivity contribution in [2.24, 2.45) is 0 Å². The normalized spacial score (nSPS) is 14.6. The van der Waals surface area contributed by atoms with Gasteiger partial charge in [-0.3, -0.25) is 14.6 Å². The first-order valence-corrected chi connectivity index (χ1v) is 13.3. The Balaban J connectivity index is 0.00000324. The summed E-state index contributed by atoms with van der Waals surface area (Å²) >= 11 is 1.45. The first-order chi connectivity index (χ1) is 15.8. The topological polar surface area (TPSA) is 89.0 Å². The van der Waals surface area contributed by atoms with Gasteiger partial charge in [-0.2, -0.15) is 0 Å². The van der Waals surface area contributed by atoms with Crippen LogP contribution in [0.25, 0.3) is 10.2 Å². The minimum atomic E-state index is -3.34. The van der Waals surface area contributed by atoms with Crippen molar-refractivity contribution in [1.82, 2.24) is 9.88 Å². The molecule has 0 radical (unpaired) electrons. The van der Waals surface area contributed by atoms with Crippen LogP contribution in [0.1, 0.15) is 15.9 Å². The summed E-state index contributed by atoms with van der Waals surface area (Å²) in [6.45, 7) is 6.14. The molecule has 1 amide bonds. The van der Waals surface area contributed by atoms with Crippen LogP contribution in [0.2, 0.25) is 0 Å². The number of fused-ring (bicyclic) bond motifs is 1. The number of halogens is 1. The lowest BCUT2D eigenvalue weighted by atomic mass is 10.2. The third-order valence-electron chi connectivity index (χ3n) is 5.66. The summed E-state index contributed by atoms with van der Waals surface area (Å²) in [4.78, 5) is 22.4. The van der Waals surface area contributed by atoms with Gasteiger partial charge in [0.15, 0.2) is 15.0 Å². The van der Waals surface area contributed by atoms with Crippen molar-refractivity contribution in [2.45, 2.75) is 11.8 Å². The fraction of sp³-hybridized carbons (Fsp3) is 0.391. The van der Waals surface area contributed by atoms with E-state index in [1.54, 1.807) is 24.1 Å². The molecule has 34 heavy (non-hydrogen) atoms. The molecule has 1 aliphatic heterocycles. The van der Waals surface area contributed by atoms with Crippen LogP contribution in [0.15, 0.2) is 41.3 Å². The van der Waals surface area contributed by atoms with Crippen LogP contribution in [0.5, 0.6) is 5.75 Å². The smallest absolute Gasteiger partial charge is 0.260 e. The van der Waals surface area contributed by atoms with Crippen LogP contribution in [-0.4, -0.2) is 77.0 Å². The van der Waals surface area contributed by atoms with E-state index < -0.39 is 9.84 Å². The summed E-state index contributed by atoms with van der Waals surface area (Å²) in [7, 11) is -1.73. The maximum absolute atomic E-state index is 13.6. The third kappa shape index (κ3) is 5.69. The Labute approximate surface area is 209 Å². The molecule has 0 bridgehead atoms. The number of thiazole rings is 1. The molecule has 1 aliphatic rings. The highest BCUT2D eigenvalue weighted by molar-refractivity contribution is 7.90. The van der Waals surface area contributed by atoms with Crippen molar-refractivity contribution in [2.75, 3.05) is 57.7 Å². The van der Waals surface area contributed by atoms with E-state index in [1.165, 1.54) is 23.5 Å². The molecule has 0 spiro atoms. The summed E-state index contributed by atoms with van der Waals surface area (Å²) in [5, 5.41) is 0.586.